The van der Waals surface area contributed by atoms with Crippen LogP contribution < -0.4 is 11.5 Å². The molecule has 0 amide bonds. The van der Waals surface area contributed by atoms with Crippen molar-refractivity contribution in [3.8, 4) is 5.75 Å². The lowest BCUT2D eigenvalue weighted by Crippen LogP contribution is -2.35. The quantitative estimate of drug-likeness (QED) is 0.684. The third-order valence-corrected chi connectivity index (χ3v) is 3.14. The van der Waals surface area contributed by atoms with Crippen molar-refractivity contribution in [3.05, 3.63) is 28.8 Å². The Morgan fingerprint density at radius 3 is 2.75 bits per heavy atom. The number of aryl methyl sites for hydroxylation is 1. The first kappa shape index (κ1) is 11.4. The highest BCUT2D eigenvalue weighted by Gasteiger charge is 2.29. The molecule has 0 saturated heterocycles. The van der Waals surface area contributed by atoms with Crippen LogP contribution in [0.25, 0.3) is 0 Å². The zero-order valence-electron chi connectivity index (χ0n) is 9.44. The van der Waals surface area contributed by atoms with E-state index >= 15 is 0 Å². The van der Waals surface area contributed by atoms with Crippen molar-refractivity contribution in [1.82, 2.24) is 0 Å². The van der Waals surface area contributed by atoms with Crippen LogP contribution in [0.1, 0.15) is 22.8 Å². The number of rotatable bonds is 2. The lowest BCUT2D eigenvalue weighted by Gasteiger charge is -2.32. The Balaban J connectivity index is 2.49. The lowest BCUT2D eigenvalue weighted by molar-refractivity contribution is -0.0163. The highest BCUT2D eigenvalue weighted by atomic mass is 16.5. The second-order valence-electron chi connectivity index (χ2n) is 4.22. The van der Waals surface area contributed by atoms with Crippen LogP contribution in [0, 0.1) is 6.92 Å². The Hall–Kier alpha value is -1.10. The predicted molar refractivity (Wildman–Crippen MR) is 62.3 cm³/mol. The molecule has 0 fully saturated rings. The smallest absolute Gasteiger partial charge is 0.119 e. The first-order valence-electron chi connectivity index (χ1n) is 5.54. The van der Waals surface area contributed by atoms with E-state index in [1.165, 1.54) is 0 Å². The summed E-state index contributed by atoms with van der Waals surface area (Å²) in [6.07, 6.45) is 0.466. The number of hydrogen-bond acceptors (Lipinski definition) is 4. The topological polar surface area (TPSA) is 81.5 Å². The first-order valence-corrected chi connectivity index (χ1v) is 5.54. The molecule has 1 aromatic rings. The van der Waals surface area contributed by atoms with Gasteiger partial charge in [0.1, 0.15) is 5.75 Å². The van der Waals surface area contributed by atoms with Gasteiger partial charge in [-0.15, -0.1) is 0 Å². The summed E-state index contributed by atoms with van der Waals surface area (Å²) in [4.78, 5) is 0. The molecule has 16 heavy (non-hydrogen) atoms. The van der Waals surface area contributed by atoms with Crippen molar-refractivity contribution in [2.24, 2.45) is 11.5 Å². The fourth-order valence-corrected chi connectivity index (χ4v) is 2.32. The van der Waals surface area contributed by atoms with Crippen LogP contribution in [0.4, 0.5) is 0 Å². The molecule has 88 valence electrons. The third kappa shape index (κ3) is 1.80. The number of benzene rings is 1. The first-order chi connectivity index (χ1) is 7.67. The Kier molecular flexibility index (Phi) is 3.14. The summed E-state index contributed by atoms with van der Waals surface area (Å²) in [6, 6.07) is 3.61. The molecule has 2 rings (SSSR count). The van der Waals surface area contributed by atoms with Crippen LogP contribution in [0.2, 0.25) is 0 Å². The van der Waals surface area contributed by atoms with Crippen molar-refractivity contribution >= 4 is 0 Å². The molecule has 2 atom stereocenters. The van der Waals surface area contributed by atoms with E-state index in [1.807, 2.05) is 13.0 Å². The number of hydrogen-bond donors (Lipinski definition) is 3. The minimum absolute atomic E-state index is 0.0475. The van der Waals surface area contributed by atoms with Gasteiger partial charge in [-0.25, -0.2) is 0 Å². The summed E-state index contributed by atoms with van der Waals surface area (Å²) in [5, 5.41) is 9.87. The van der Waals surface area contributed by atoms with Crippen molar-refractivity contribution in [1.29, 1.82) is 0 Å². The van der Waals surface area contributed by atoms with Crippen molar-refractivity contribution in [3.63, 3.8) is 0 Å². The predicted octanol–water partition coefficient (Wildman–Crippen LogP) is 0.600. The zero-order valence-corrected chi connectivity index (χ0v) is 9.44. The minimum atomic E-state index is -0.149. The Labute approximate surface area is 95.2 Å². The molecular weight excluding hydrogens is 204 g/mol. The second-order valence-corrected chi connectivity index (χ2v) is 4.22. The Morgan fingerprint density at radius 2 is 2.12 bits per heavy atom. The minimum Gasteiger partial charge on any atom is -0.508 e. The summed E-state index contributed by atoms with van der Waals surface area (Å²) in [7, 11) is 0. The standard InChI is InChI=1S/C12H18N2O2/c1-7-2-3-10(15)9-4-8(5-13)16-11(6-14)12(7)9/h2-3,8,11,15H,4-6,13-14H2,1H3. The molecule has 0 saturated carbocycles. The average molecular weight is 222 g/mol. The summed E-state index contributed by atoms with van der Waals surface area (Å²) in [6.45, 7) is 2.87. The van der Waals surface area contributed by atoms with Crippen LogP contribution in [0.5, 0.6) is 5.75 Å². The van der Waals surface area contributed by atoms with Gasteiger partial charge in [-0.1, -0.05) is 6.07 Å². The van der Waals surface area contributed by atoms with E-state index in [1.54, 1.807) is 6.07 Å². The van der Waals surface area contributed by atoms with E-state index in [4.69, 9.17) is 16.2 Å². The number of ether oxygens (including phenoxy) is 1. The molecule has 2 unspecified atom stereocenters. The fourth-order valence-electron chi connectivity index (χ4n) is 2.32. The van der Waals surface area contributed by atoms with Gasteiger partial charge in [0, 0.05) is 25.1 Å². The average Bonchev–Trinajstić information content (AvgIpc) is 2.32. The van der Waals surface area contributed by atoms with Gasteiger partial charge >= 0.3 is 0 Å². The summed E-state index contributed by atoms with van der Waals surface area (Å²) in [5.41, 5.74) is 14.4. The second kappa shape index (κ2) is 4.41. The van der Waals surface area contributed by atoms with E-state index < -0.39 is 0 Å². The maximum Gasteiger partial charge on any atom is 0.119 e. The summed E-state index contributed by atoms with van der Waals surface area (Å²) < 4.78 is 5.79. The summed E-state index contributed by atoms with van der Waals surface area (Å²) >= 11 is 0. The molecular formula is C12H18N2O2. The highest BCUT2D eigenvalue weighted by Crippen LogP contribution is 2.36. The van der Waals surface area contributed by atoms with Crippen LogP contribution in [-0.4, -0.2) is 24.3 Å². The lowest BCUT2D eigenvalue weighted by atomic mass is 9.90. The molecule has 5 N–H and O–H groups in total. The number of nitrogens with two attached hydrogens (primary N) is 2. The van der Waals surface area contributed by atoms with Crippen LogP contribution >= 0.6 is 0 Å². The molecule has 1 aliphatic heterocycles. The van der Waals surface area contributed by atoms with E-state index in [2.05, 4.69) is 0 Å². The molecule has 0 radical (unpaired) electrons. The van der Waals surface area contributed by atoms with Gasteiger partial charge in [0.15, 0.2) is 0 Å². The maximum absolute atomic E-state index is 9.87. The Bertz CT molecular complexity index is 393. The van der Waals surface area contributed by atoms with Crippen molar-refractivity contribution in [2.75, 3.05) is 13.1 Å². The van der Waals surface area contributed by atoms with E-state index in [0.29, 0.717) is 25.3 Å². The van der Waals surface area contributed by atoms with E-state index in [0.717, 1.165) is 16.7 Å². The van der Waals surface area contributed by atoms with Gasteiger partial charge in [0.05, 0.1) is 12.2 Å². The molecule has 4 heteroatoms. The zero-order chi connectivity index (χ0) is 11.7. The molecule has 1 aliphatic rings. The number of phenolic OH excluding ortho intramolecular Hbond substituents is 1. The summed E-state index contributed by atoms with van der Waals surface area (Å²) in [5.74, 6) is 0.320. The number of aromatic hydroxyl groups is 1. The van der Waals surface area contributed by atoms with E-state index in [-0.39, 0.29) is 12.2 Å². The van der Waals surface area contributed by atoms with Crippen LogP contribution in [0.3, 0.4) is 0 Å². The molecule has 1 aromatic carbocycles. The maximum atomic E-state index is 9.87. The molecule has 0 spiro atoms. The van der Waals surface area contributed by atoms with Crippen LogP contribution in [-0.2, 0) is 11.2 Å². The normalized spacial score (nSPS) is 24.2. The Morgan fingerprint density at radius 1 is 1.38 bits per heavy atom. The van der Waals surface area contributed by atoms with Gasteiger partial charge in [0.2, 0.25) is 0 Å². The highest BCUT2D eigenvalue weighted by molar-refractivity contribution is 5.46. The monoisotopic (exact) mass is 222 g/mol. The van der Waals surface area contributed by atoms with E-state index in [9.17, 15) is 5.11 Å². The van der Waals surface area contributed by atoms with Gasteiger partial charge in [0.25, 0.3) is 0 Å². The molecule has 0 bridgehead atoms. The largest absolute Gasteiger partial charge is 0.508 e. The third-order valence-electron chi connectivity index (χ3n) is 3.14. The van der Waals surface area contributed by atoms with Gasteiger partial charge in [-0.3, -0.25) is 0 Å². The molecule has 0 aromatic heterocycles. The fraction of sp³-hybridized carbons (Fsp3) is 0.500. The van der Waals surface area contributed by atoms with Gasteiger partial charge in [-0.2, -0.15) is 0 Å². The van der Waals surface area contributed by atoms with Crippen molar-refractivity contribution in [2.45, 2.75) is 25.6 Å². The number of fused-ring (bicyclic) bond motifs is 1. The molecule has 0 aliphatic carbocycles. The van der Waals surface area contributed by atoms with Crippen molar-refractivity contribution < 1.29 is 9.84 Å². The molecule has 4 nitrogen and oxygen atoms in total. The van der Waals surface area contributed by atoms with Gasteiger partial charge < -0.3 is 21.3 Å². The van der Waals surface area contributed by atoms with Crippen LogP contribution in [0.15, 0.2) is 12.1 Å². The van der Waals surface area contributed by atoms with Gasteiger partial charge in [-0.05, 0) is 24.1 Å². The molecule has 1 heterocycles. The SMILES string of the molecule is Cc1ccc(O)c2c1C(CN)OC(CN)C2. The number of phenols is 1.